The maximum Gasteiger partial charge on any atom is 0.224 e. The van der Waals surface area contributed by atoms with E-state index in [2.05, 4.69) is 10.3 Å². The number of benzene rings is 1. The van der Waals surface area contributed by atoms with Crippen LogP contribution in [0.25, 0.3) is 0 Å². The van der Waals surface area contributed by atoms with E-state index < -0.39 is 0 Å². The molecule has 6 heteroatoms. The van der Waals surface area contributed by atoms with Crippen LogP contribution in [0.1, 0.15) is 12.1 Å². The maximum atomic E-state index is 11.7. The van der Waals surface area contributed by atoms with Crippen molar-refractivity contribution in [1.29, 1.82) is 0 Å². The highest BCUT2D eigenvalue weighted by atomic mass is 35.5. The monoisotopic (exact) mass is 284 g/mol. The van der Waals surface area contributed by atoms with Crippen LogP contribution in [0.4, 0.5) is 5.69 Å². The second kappa shape index (κ2) is 5.89. The first kappa shape index (κ1) is 12.9. The number of hydrogen-bond donors (Lipinski definition) is 1. The number of nitrogens with one attached hydrogen (secondary N) is 1. The highest BCUT2D eigenvalue weighted by Crippen LogP contribution is 2.25. The second-order valence-electron chi connectivity index (χ2n) is 3.65. The SMILES string of the molecule is O=C(CCc1cocn1)Nc1cc(Cl)ccc1Cl. The van der Waals surface area contributed by atoms with Gasteiger partial charge in [-0.1, -0.05) is 23.2 Å². The summed E-state index contributed by atoms with van der Waals surface area (Å²) in [6.07, 6.45) is 3.66. The number of carbonyl (C=O) groups excluding carboxylic acids is 1. The Labute approximate surface area is 114 Å². The Kier molecular flexibility index (Phi) is 4.23. The molecule has 0 aliphatic heterocycles. The third kappa shape index (κ3) is 3.48. The van der Waals surface area contributed by atoms with Crippen molar-refractivity contribution in [3.05, 3.63) is 46.6 Å². The number of rotatable bonds is 4. The lowest BCUT2D eigenvalue weighted by Crippen LogP contribution is -2.12. The minimum absolute atomic E-state index is 0.151. The molecule has 0 unspecified atom stereocenters. The summed E-state index contributed by atoms with van der Waals surface area (Å²) in [5, 5.41) is 3.67. The van der Waals surface area contributed by atoms with Gasteiger partial charge in [-0.2, -0.15) is 0 Å². The molecule has 94 valence electrons. The van der Waals surface area contributed by atoms with Crippen LogP contribution in [0, 0.1) is 0 Å². The lowest BCUT2D eigenvalue weighted by Gasteiger charge is -2.06. The molecule has 0 aliphatic carbocycles. The molecule has 2 rings (SSSR count). The molecule has 0 fully saturated rings. The van der Waals surface area contributed by atoms with Crippen LogP contribution in [0.5, 0.6) is 0 Å². The largest absolute Gasteiger partial charge is 0.451 e. The molecule has 1 aromatic carbocycles. The van der Waals surface area contributed by atoms with Crippen LogP contribution in [0.2, 0.25) is 10.0 Å². The van der Waals surface area contributed by atoms with Crippen molar-refractivity contribution in [1.82, 2.24) is 4.98 Å². The summed E-state index contributed by atoms with van der Waals surface area (Å²) in [5.41, 5.74) is 1.25. The smallest absolute Gasteiger partial charge is 0.224 e. The van der Waals surface area contributed by atoms with E-state index in [1.165, 1.54) is 12.7 Å². The lowest BCUT2D eigenvalue weighted by molar-refractivity contribution is -0.116. The Bertz CT molecular complexity index is 541. The average Bonchev–Trinajstić information content (AvgIpc) is 2.84. The zero-order valence-electron chi connectivity index (χ0n) is 9.32. The molecule has 0 bridgehead atoms. The van der Waals surface area contributed by atoms with Crippen molar-refractivity contribution in [3.63, 3.8) is 0 Å². The molecule has 1 amide bonds. The predicted molar refractivity (Wildman–Crippen MR) is 69.9 cm³/mol. The van der Waals surface area contributed by atoms with Gasteiger partial charge in [-0.15, -0.1) is 0 Å². The zero-order valence-corrected chi connectivity index (χ0v) is 10.8. The van der Waals surface area contributed by atoms with Gasteiger partial charge in [0.1, 0.15) is 6.26 Å². The van der Waals surface area contributed by atoms with E-state index in [4.69, 9.17) is 27.6 Å². The zero-order chi connectivity index (χ0) is 13.0. The number of aryl methyl sites for hydroxylation is 1. The number of aromatic nitrogens is 1. The van der Waals surface area contributed by atoms with Gasteiger partial charge in [-0.25, -0.2) is 4.98 Å². The Morgan fingerprint density at radius 1 is 1.39 bits per heavy atom. The van der Waals surface area contributed by atoms with Crippen molar-refractivity contribution in [2.24, 2.45) is 0 Å². The summed E-state index contributed by atoms with van der Waals surface area (Å²) in [4.78, 5) is 15.6. The van der Waals surface area contributed by atoms with Crippen LogP contribution >= 0.6 is 23.2 Å². The minimum atomic E-state index is -0.151. The quantitative estimate of drug-likeness (QED) is 0.934. The van der Waals surface area contributed by atoms with Crippen LogP contribution in [0.3, 0.4) is 0 Å². The fraction of sp³-hybridized carbons (Fsp3) is 0.167. The highest BCUT2D eigenvalue weighted by molar-refractivity contribution is 6.35. The number of hydrogen-bond acceptors (Lipinski definition) is 3. The van der Waals surface area contributed by atoms with E-state index in [1.54, 1.807) is 18.2 Å². The number of nitrogens with zero attached hydrogens (tertiary/aromatic N) is 1. The van der Waals surface area contributed by atoms with Gasteiger partial charge in [0.2, 0.25) is 5.91 Å². The van der Waals surface area contributed by atoms with Crippen LogP contribution in [-0.4, -0.2) is 10.9 Å². The molecule has 0 spiro atoms. The van der Waals surface area contributed by atoms with Crippen molar-refractivity contribution in [2.45, 2.75) is 12.8 Å². The molecule has 0 atom stereocenters. The molecule has 0 aliphatic rings. The summed E-state index contributed by atoms with van der Waals surface area (Å²) >= 11 is 11.8. The normalized spacial score (nSPS) is 10.3. The van der Waals surface area contributed by atoms with E-state index in [-0.39, 0.29) is 5.91 Å². The van der Waals surface area contributed by atoms with Gasteiger partial charge in [0, 0.05) is 17.9 Å². The number of anilines is 1. The number of halogens is 2. The third-order valence-corrected chi connectivity index (χ3v) is 2.86. The van der Waals surface area contributed by atoms with Crippen LogP contribution in [-0.2, 0) is 11.2 Å². The first-order chi connectivity index (χ1) is 8.65. The van der Waals surface area contributed by atoms with Crippen molar-refractivity contribution < 1.29 is 9.21 Å². The molecule has 4 nitrogen and oxygen atoms in total. The molecule has 0 saturated heterocycles. The van der Waals surface area contributed by atoms with E-state index in [9.17, 15) is 4.79 Å². The van der Waals surface area contributed by atoms with Gasteiger partial charge >= 0.3 is 0 Å². The van der Waals surface area contributed by atoms with E-state index >= 15 is 0 Å². The number of carbonyl (C=O) groups is 1. The van der Waals surface area contributed by atoms with Crippen LogP contribution < -0.4 is 5.32 Å². The lowest BCUT2D eigenvalue weighted by atomic mass is 10.2. The van der Waals surface area contributed by atoms with Gasteiger partial charge in [-0.05, 0) is 18.2 Å². The molecule has 1 heterocycles. The molecule has 1 aromatic heterocycles. The predicted octanol–water partition coefficient (Wildman–Crippen LogP) is 3.55. The van der Waals surface area contributed by atoms with E-state index in [0.29, 0.717) is 28.6 Å². The fourth-order valence-corrected chi connectivity index (χ4v) is 1.75. The second-order valence-corrected chi connectivity index (χ2v) is 4.50. The van der Waals surface area contributed by atoms with Gasteiger partial charge in [-0.3, -0.25) is 4.79 Å². The van der Waals surface area contributed by atoms with Gasteiger partial charge in [0.15, 0.2) is 6.39 Å². The standard InChI is InChI=1S/C12H10Cl2N2O2/c13-8-1-3-10(14)11(5-8)16-12(17)4-2-9-6-18-7-15-9/h1,3,5-7H,2,4H2,(H,16,17). The molecule has 0 radical (unpaired) electrons. The van der Waals surface area contributed by atoms with E-state index in [0.717, 1.165) is 5.69 Å². The van der Waals surface area contributed by atoms with Crippen molar-refractivity contribution in [3.8, 4) is 0 Å². The maximum absolute atomic E-state index is 11.7. The number of amides is 1. The van der Waals surface area contributed by atoms with Gasteiger partial charge in [0.25, 0.3) is 0 Å². The molecule has 18 heavy (non-hydrogen) atoms. The summed E-state index contributed by atoms with van der Waals surface area (Å²) in [7, 11) is 0. The van der Waals surface area contributed by atoms with Gasteiger partial charge < -0.3 is 9.73 Å². The Hall–Kier alpha value is -1.52. The first-order valence-electron chi connectivity index (χ1n) is 5.27. The Morgan fingerprint density at radius 3 is 2.94 bits per heavy atom. The summed E-state index contributed by atoms with van der Waals surface area (Å²) in [6.45, 7) is 0. The molecular formula is C12H10Cl2N2O2. The minimum Gasteiger partial charge on any atom is -0.451 e. The van der Waals surface area contributed by atoms with Crippen molar-refractivity contribution >= 4 is 34.8 Å². The summed E-state index contributed by atoms with van der Waals surface area (Å²) in [5.74, 6) is -0.151. The highest BCUT2D eigenvalue weighted by Gasteiger charge is 2.07. The average molecular weight is 285 g/mol. The Balaban J connectivity index is 1.92. The molecular weight excluding hydrogens is 275 g/mol. The number of oxazole rings is 1. The third-order valence-electron chi connectivity index (χ3n) is 2.29. The summed E-state index contributed by atoms with van der Waals surface area (Å²) < 4.78 is 4.82. The molecule has 0 saturated carbocycles. The Morgan fingerprint density at radius 2 is 2.22 bits per heavy atom. The first-order valence-corrected chi connectivity index (χ1v) is 6.03. The summed E-state index contributed by atoms with van der Waals surface area (Å²) in [6, 6.07) is 4.91. The fourth-order valence-electron chi connectivity index (χ4n) is 1.41. The van der Waals surface area contributed by atoms with E-state index in [1.807, 2.05) is 0 Å². The van der Waals surface area contributed by atoms with Crippen molar-refractivity contribution in [2.75, 3.05) is 5.32 Å². The van der Waals surface area contributed by atoms with Crippen LogP contribution in [0.15, 0.2) is 35.3 Å². The molecule has 1 N–H and O–H groups in total. The topological polar surface area (TPSA) is 55.1 Å². The van der Waals surface area contributed by atoms with Gasteiger partial charge in [0.05, 0.1) is 16.4 Å². The molecule has 2 aromatic rings.